The molecule has 0 aliphatic rings. The molecule has 0 atom stereocenters. The molecule has 66 valence electrons. The number of alkyl halides is 3. The fourth-order valence-corrected chi connectivity index (χ4v) is 0.789. The predicted molar refractivity (Wildman–Crippen MR) is 38.3 cm³/mol. The van der Waals surface area contributed by atoms with E-state index in [-0.39, 0.29) is 10.4 Å². The zero-order valence-electron chi connectivity index (χ0n) is 5.68. The Bertz CT molecular complexity index is 319. The largest absolute Gasteiger partial charge is 0.573 e. The maximum absolute atomic E-state index is 11.6. The molecule has 1 aromatic heterocycles. The number of halogens is 3. The number of aromatic amines is 1. The van der Waals surface area contributed by atoms with E-state index >= 15 is 0 Å². The van der Waals surface area contributed by atoms with E-state index in [1.54, 1.807) is 0 Å². The Kier molecular flexibility index (Phi) is 2.37. The first-order chi connectivity index (χ1) is 5.49. The Morgan fingerprint density at radius 3 is 2.58 bits per heavy atom. The van der Waals surface area contributed by atoms with Crippen molar-refractivity contribution in [2.75, 3.05) is 0 Å². The molecular weight excluding hydrogens is 191 g/mol. The molecule has 1 heterocycles. The summed E-state index contributed by atoms with van der Waals surface area (Å²) < 4.78 is 38.4. The molecule has 0 saturated carbocycles. The van der Waals surface area contributed by atoms with Crippen LogP contribution in [0.25, 0.3) is 0 Å². The van der Waals surface area contributed by atoms with Crippen molar-refractivity contribution in [2.45, 2.75) is 6.36 Å². The second-order valence-electron chi connectivity index (χ2n) is 1.91. The highest BCUT2D eigenvalue weighted by molar-refractivity contribution is 7.71. The summed E-state index contributed by atoms with van der Waals surface area (Å²) in [6.45, 7) is 0. The number of hydrogen-bond donors (Lipinski definition) is 1. The van der Waals surface area contributed by atoms with Crippen LogP contribution in [-0.2, 0) is 0 Å². The quantitative estimate of drug-likeness (QED) is 0.697. The molecule has 0 amide bonds. The van der Waals surface area contributed by atoms with Gasteiger partial charge in [0.1, 0.15) is 4.64 Å². The highest BCUT2D eigenvalue weighted by Crippen LogP contribution is 2.22. The molecule has 0 bridgehead atoms. The molecule has 0 aliphatic heterocycles. The van der Waals surface area contributed by atoms with Gasteiger partial charge in [0.25, 0.3) is 0 Å². The molecule has 12 heavy (non-hydrogen) atoms. The SMILES string of the molecule is FC(F)(F)Oc1ccc[nH]c1=S. The first-order valence-corrected chi connectivity index (χ1v) is 3.33. The third-order valence-corrected chi connectivity index (χ3v) is 1.33. The molecule has 2 nitrogen and oxygen atoms in total. The fourth-order valence-electron chi connectivity index (χ4n) is 0.611. The van der Waals surface area contributed by atoms with Gasteiger partial charge in [0.05, 0.1) is 0 Å². The summed E-state index contributed by atoms with van der Waals surface area (Å²) in [5.41, 5.74) is 0. The van der Waals surface area contributed by atoms with Gasteiger partial charge in [-0.05, 0) is 12.1 Å². The number of H-pyrrole nitrogens is 1. The maximum Gasteiger partial charge on any atom is 0.573 e. The van der Waals surface area contributed by atoms with Crippen LogP contribution in [0.15, 0.2) is 18.3 Å². The molecular formula is C6H4F3NOS. The van der Waals surface area contributed by atoms with Gasteiger partial charge in [-0.25, -0.2) is 0 Å². The van der Waals surface area contributed by atoms with E-state index in [4.69, 9.17) is 0 Å². The topological polar surface area (TPSA) is 25.0 Å². The summed E-state index contributed by atoms with van der Waals surface area (Å²) in [7, 11) is 0. The Morgan fingerprint density at radius 2 is 2.08 bits per heavy atom. The zero-order valence-corrected chi connectivity index (χ0v) is 6.50. The maximum atomic E-state index is 11.6. The van der Waals surface area contributed by atoms with E-state index in [9.17, 15) is 13.2 Å². The van der Waals surface area contributed by atoms with Crippen LogP contribution >= 0.6 is 12.2 Å². The Hall–Kier alpha value is -1.04. The van der Waals surface area contributed by atoms with Gasteiger partial charge in [-0.15, -0.1) is 13.2 Å². The van der Waals surface area contributed by atoms with Gasteiger partial charge in [-0.1, -0.05) is 12.2 Å². The molecule has 0 saturated heterocycles. The highest BCUT2D eigenvalue weighted by atomic mass is 32.1. The van der Waals surface area contributed by atoms with Crippen molar-refractivity contribution in [1.82, 2.24) is 4.98 Å². The van der Waals surface area contributed by atoms with Gasteiger partial charge in [-0.3, -0.25) is 0 Å². The number of pyridine rings is 1. The van der Waals surface area contributed by atoms with E-state index in [1.165, 1.54) is 12.3 Å². The van der Waals surface area contributed by atoms with E-state index in [1.807, 2.05) is 0 Å². The van der Waals surface area contributed by atoms with E-state index < -0.39 is 6.36 Å². The standard InChI is InChI=1S/C6H4F3NOS/c7-6(8,9)11-4-2-1-3-10-5(4)12/h1-3H,(H,10,12). The van der Waals surface area contributed by atoms with Crippen LogP contribution in [0.3, 0.4) is 0 Å². The molecule has 0 spiro atoms. The van der Waals surface area contributed by atoms with Crippen LogP contribution < -0.4 is 4.74 Å². The molecule has 0 aromatic carbocycles. The fraction of sp³-hybridized carbons (Fsp3) is 0.167. The Morgan fingerprint density at radius 1 is 1.42 bits per heavy atom. The van der Waals surface area contributed by atoms with Gasteiger partial charge in [0.15, 0.2) is 5.75 Å². The van der Waals surface area contributed by atoms with Crippen LogP contribution in [0.1, 0.15) is 0 Å². The Balaban J connectivity index is 2.91. The van der Waals surface area contributed by atoms with Gasteiger partial charge in [-0.2, -0.15) is 0 Å². The lowest BCUT2D eigenvalue weighted by molar-refractivity contribution is -0.274. The number of ether oxygens (including phenoxy) is 1. The summed E-state index contributed by atoms with van der Waals surface area (Å²) >= 11 is 4.54. The predicted octanol–water partition coefficient (Wildman–Crippen LogP) is 2.64. The third kappa shape index (κ3) is 2.54. The summed E-state index contributed by atoms with van der Waals surface area (Å²) in [5, 5.41) is 0. The van der Waals surface area contributed by atoms with Crippen molar-refractivity contribution < 1.29 is 17.9 Å². The van der Waals surface area contributed by atoms with Crippen molar-refractivity contribution in [2.24, 2.45) is 0 Å². The number of rotatable bonds is 1. The summed E-state index contributed by atoms with van der Waals surface area (Å²) in [5.74, 6) is -0.389. The lowest BCUT2D eigenvalue weighted by Gasteiger charge is -2.07. The van der Waals surface area contributed by atoms with E-state index in [0.29, 0.717) is 0 Å². The summed E-state index contributed by atoms with van der Waals surface area (Å²) in [6, 6.07) is 2.52. The zero-order chi connectivity index (χ0) is 9.19. The average Bonchev–Trinajstić information content (AvgIpc) is 1.91. The van der Waals surface area contributed by atoms with Crippen molar-refractivity contribution in [3.8, 4) is 5.75 Å². The summed E-state index contributed by atoms with van der Waals surface area (Å²) in [4.78, 5) is 2.41. The molecule has 0 unspecified atom stereocenters. The van der Waals surface area contributed by atoms with Crippen molar-refractivity contribution in [3.05, 3.63) is 23.0 Å². The van der Waals surface area contributed by atoms with Crippen LogP contribution in [0.2, 0.25) is 0 Å². The second kappa shape index (κ2) is 3.14. The number of nitrogens with one attached hydrogen (secondary N) is 1. The highest BCUT2D eigenvalue weighted by Gasteiger charge is 2.31. The van der Waals surface area contributed by atoms with Crippen molar-refractivity contribution in [1.29, 1.82) is 0 Å². The number of hydrogen-bond acceptors (Lipinski definition) is 2. The van der Waals surface area contributed by atoms with Crippen LogP contribution in [-0.4, -0.2) is 11.3 Å². The molecule has 0 radical (unpaired) electrons. The first-order valence-electron chi connectivity index (χ1n) is 2.92. The normalized spacial score (nSPS) is 11.2. The average molecular weight is 195 g/mol. The minimum atomic E-state index is -4.69. The molecule has 1 aromatic rings. The molecule has 1 rings (SSSR count). The van der Waals surface area contributed by atoms with Gasteiger partial charge in [0.2, 0.25) is 0 Å². The monoisotopic (exact) mass is 195 g/mol. The smallest absolute Gasteiger partial charge is 0.403 e. The Labute approximate surface area is 71.0 Å². The first kappa shape index (κ1) is 9.05. The van der Waals surface area contributed by atoms with Crippen molar-refractivity contribution in [3.63, 3.8) is 0 Å². The third-order valence-electron chi connectivity index (χ3n) is 1.01. The van der Waals surface area contributed by atoms with Crippen LogP contribution in [0, 0.1) is 4.64 Å². The molecule has 0 aliphatic carbocycles. The lowest BCUT2D eigenvalue weighted by Crippen LogP contribution is -2.17. The molecule has 1 N–H and O–H groups in total. The number of aromatic nitrogens is 1. The molecule has 6 heteroatoms. The van der Waals surface area contributed by atoms with Gasteiger partial charge >= 0.3 is 6.36 Å². The second-order valence-corrected chi connectivity index (χ2v) is 2.32. The summed E-state index contributed by atoms with van der Waals surface area (Å²) in [6.07, 6.45) is -3.27. The minimum absolute atomic E-state index is 0.0742. The van der Waals surface area contributed by atoms with E-state index in [2.05, 4.69) is 21.9 Å². The van der Waals surface area contributed by atoms with E-state index in [0.717, 1.165) is 6.07 Å². The van der Waals surface area contributed by atoms with Crippen molar-refractivity contribution >= 4 is 12.2 Å². The van der Waals surface area contributed by atoms with Gasteiger partial charge in [0, 0.05) is 6.20 Å². The van der Waals surface area contributed by atoms with Gasteiger partial charge < -0.3 is 9.72 Å². The lowest BCUT2D eigenvalue weighted by atomic mass is 10.5. The van der Waals surface area contributed by atoms with Crippen LogP contribution in [0.4, 0.5) is 13.2 Å². The van der Waals surface area contributed by atoms with Crippen LogP contribution in [0.5, 0.6) is 5.75 Å². The minimum Gasteiger partial charge on any atom is -0.403 e. The molecule has 0 fully saturated rings.